The minimum absolute atomic E-state index is 0.377. The Balaban J connectivity index is 1.55. The SMILES string of the molecule is CN1CCN(C)C(C(N)CC2CC3CCC2C3)C1. The number of fused-ring (bicyclic) bond motifs is 2. The minimum atomic E-state index is 0.377. The highest BCUT2D eigenvalue weighted by molar-refractivity contribution is 4.95. The molecule has 18 heavy (non-hydrogen) atoms. The van der Waals surface area contributed by atoms with Gasteiger partial charge in [0, 0.05) is 31.7 Å². The van der Waals surface area contributed by atoms with Crippen LogP contribution in [0, 0.1) is 17.8 Å². The molecule has 1 heterocycles. The quantitative estimate of drug-likeness (QED) is 0.822. The molecule has 5 atom stereocenters. The molecule has 0 spiro atoms. The van der Waals surface area contributed by atoms with E-state index < -0.39 is 0 Å². The monoisotopic (exact) mass is 251 g/mol. The van der Waals surface area contributed by atoms with Crippen LogP contribution in [0.4, 0.5) is 0 Å². The first kappa shape index (κ1) is 12.9. The maximum atomic E-state index is 6.54. The standard InChI is InChI=1S/C15H29N3/c1-17-5-6-18(2)15(10-17)14(16)9-13-8-11-3-4-12(13)7-11/h11-15H,3-10,16H2,1-2H3. The summed E-state index contributed by atoms with van der Waals surface area (Å²) in [7, 11) is 4.47. The van der Waals surface area contributed by atoms with E-state index in [-0.39, 0.29) is 0 Å². The maximum Gasteiger partial charge on any atom is 0.0371 e. The molecule has 2 saturated carbocycles. The fourth-order valence-electron chi connectivity index (χ4n) is 4.68. The van der Waals surface area contributed by atoms with Crippen LogP contribution in [-0.4, -0.2) is 55.6 Å². The van der Waals surface area contributed by atoms with E-state index in [9.17, 15) is 0 Å². The van der Waals surface area contributed by atoms with E-state index in [1.807, 2.05) is 0 Å². The molecule has 104 valence electrons. The molecular formula is C15H29N3. The van der Waals surface area contributed by atoms with Gasteiger partial charge in [0.05, 0.1) is 0 Å². The van der Waals surface area contributed by atoms with Gasteiger partial charge in [-0.05, 0) is 57.5 Å². The predicted molar refractivity (Wildman–Crippen MR) is 75.4 cm³/mol. The average Bonchev–Trinajstić information content (AvgIpc) is 2.94. The lowest BCUT2D eigenvalue weighted by atomic mass is 9.82. The van der Waals surface area contributed by atoms with Crippen molar-refractivity contribution in [2.75, 3.05) is 33.7 Å². The van der Waals surface area contributed by atoms with Gasteiger partial charge in [-0.2, -0.15) is 0 Å². The molecule has 1 aliphatic heterocycles. The van der Waals surface area contributed by atoms with Gasteiger partial charge in [0.2, 0.25) is 0 Å². The van der Waals surface area contributed by atoms with E-state index in [4.69, 9.17) is 5.73 Å². The summed E-state index contributed by atoms with van der Waals surface area (Å²) in [6.07, 6.45) is 7.25. The third-order valence-corrected chi connectivity index (χ3v) is 5.85. The van der Waals surface area contributed by atoms with Crippen LogP contribution in [0.1, 0.15) is 32.1 Å². The van der Waals surface area contributed by atoms with Gasteiger partial charge in [-0.3, -0.25) is 4.90 Å². The Morgan fingerprint density at radius 3 is 2.67 bits per heavy atom. The molecule has 2 aliphatic carbocycles. The fraction of sp³-hybridized carbons (Fsp3) is 1.00. The van der Waals surface area contributed by atoms with Gasteiger partial charge >= 0.3 is 0 Å². The molecule has 2 bridgehead atoms. The summed E-state index contributed by atoms with van der Waals surface area (Å²) in [5, 5.41) is 0. The summed E-state index contributed by atoms with van der Waals surface area (Å²) < 4.78 is 0. The van der Waals surface area contributed by atoms with E-state index in [1.54, 1.807) is 0 Å². The van der Waals surface area contributed by atoms with Gasteiger partial charge < -0.3 is 10.6 Å². The van der Waals surface area contributed by atoms with E-state index in [1.165, 1.54) is 45.2 Å². The van der Waals surface area contributed by atoms with Gasteiger partial charge in [-0.15, -0.1) is 0 Å². The van der Waals surface area contributed by atoms with Crippen LogP contribution >= 0.6 is 0 Å². The lowest BCUT2D eigenvalue weighted by Crippen LogP contribution is -2.57. The van der Waals surface area contributed by atoms with Gasteiger partial charge in [0.15, 0.2) is 0 Å². The minimum Gasteiger partial charge on any atom is -0.326 e. The topological polar surface area (TPSA) is 32.5 Å². The normalized spacial score (nSPS) is 43.5. The van der Waals surface area contributed by atoms with Gasteiger partial charge in [-0.1, -0.05) is 6.42 Å². The zero-order chi connectivity index (χ0) is 12.7. The molecular weight excluding hydrogens is 222 g/mol. The molecule has 0 aromatic heterocycles. The second-order valence-corrected chi connectivity index (χ2v) is 7.14. The van der Waals surface area contributed by atoms with Crippen molar-refractivity contribution in [1.82, 2.24) is 9.80 Å². The van der Waals surface area contributed by atoms with Crippen LogP contribution in [0.5, 0.6) is 0 Å². The van der Waals surface area contributed by atoms with Gasteiger partial charge in [0.25, 0.3) is 0 Å². The van der Waals surface area contributed by atoms with Crippen LogP contribution < -0.4 is 5.73 Å². The summed E-state index contributed by atoms with van der Waals surface area (Å²) in [6.45, 7) is 3.51. The summed E-state index contributed by atoms with van der Waals surface area (Å²) in [5.74, 6) is 3.02. The Kier molecular flexibility index (Phi) is 3.65. The van der Waals surface area contributed by atoms with Crippen molar-refractivity contribution < 1.29 is 0 Å². The Morgan fingerprint density at radius 2 is 2.00 bits per heavy atom. The van der Waals surface area contributed by atoms with Crippen LogP contribution in [0.3, 0.4) is 0 Å². The molecule has 0 radical (unpaired) electrons. The number of rotatable bonds is 3. The summed E-state index contributed by atoms with van der Waals surface area (Å²) in [4.78, 5) is 4.92. The second-order valence-electron chi connectivity index (χ2n) is 7.14. The number of hydrogen-bond acceptors (Lipinski definition) is 3. The number of likely N-dealkylation sites (N-methyl/N-ethyl adjacent to an activating group) is 2. The highest BCUT2D eigenvalue weighted by atomic mass is 15.3. The molecule has 5 unspecified atom stereocenters. The largest absolute Gasteiger partial charge is 0.326 e. The van der Waals surface area contributed by atoms with Crippen molar-refractivity contribution in [2.45, 2.75) is 44.2 Å². The third kappa shape index (κ3) is 2.45. The van der Waals surface area contributed by atoms with Crippen molar-refractivity contribution >= 4 is 0 Å². The molecule has 0 aromatic carbocycles. The summed E-state index contributed by atoms with van der Waals surface area (Å²) in [5.41, 5.74) is 6.54. The molecule has 3 aliphatic rings. The first-order chi connectivity index (χ1) is 8.63. The van der Waals surface area contributed by atoms with Crippen molar-refractivity contribution in [3.05, 3.63) is 0 Å². The zero-order valence-corrected chi connectivity index (χ0v) is 12.0. The molecule has 3 nitrogen and oxygen atoms in total. The lowest BCUT2D eigenvalue weighted by molar-refractivity contribution is 0.0874. The second kappa shape index (κ2) is 5.10. The maximum absolute atomic E-state index is 6.54. The van der Waals surface area contributed by atoms with Crippen molar-refractivity contribution in [2.24, 2.45) is 23.5 Å². The molecule has 3 heteroatoms. The van der Waals surface area contributed by atoms with Crippen molar-refractivity contribution in [3.63, 3.8) is 0 Å². The number of nitrogens with zero attached hydrogens (tertiary/aromatic N) is 2. The van der Waals surface area contributed by atoms with Crippen LogP contribution in [0.25, 0.3) is 0 Å². The third-order valence-electron chi connectivity index (χ3n) is 5.85. The molecule has 3 rings (SSSR count). The van der Waals surface area contributed by atoms with Crippen molar-refractivity contribution in [3.8, 4) is 0 Å². The van der Waals surface area contributed by atoms with Gasteiger partial charge in [0.1, 0.15) is 0 Å². The number of hydrogen-bond donors (Lipinski definition) is 1. The molecule has 0 aromatic rings. The molecule has 3 fully saturated rings. The number of piperazine rings is 1. The first-order valence-electron chi connectivity index (χ1n) is 7.78. The summed E-state index contributed by atoms with van der Waals surface area (Å²) >= 11 is 0. The zero-order valence-electron chi connectivity index (χ0n) is 12.0. The van der Waals surface area contributed by atoms with E-state index in [2.05, 4.69) is 23.9 Å². The summed E-state index contributed by atoms with van der Waals surface area (Å²) in [6, 6.07) is 0.949. The predicted octanol–water partition coefficient (Wildman–Crippen LogP) is 1.39. The highest BCUT2D eigenvalue weighted by Gasteiger charge is 2.41. The van der Waals surface area contributed by atoms with Crippen LogP contribution in [0.2, 0.25) is 0 Å². The van der Waals surface area contributed by atoms with Crippen LogP contribution in [-0.2, 0) is 0 Å². The van der Waals surface area contributed by atoms with E-state index in [0.717, 1.165) is 24.3 Å². The van der Waals surface area contributed by atoms with Crippen LogP contribution in [0.15, 0.2) is 0 Å². The Labute approximate surface area is 112 Å². The smallest absolute Gasteiger partial charge is 0.0371 e. The molecule has 0 amide bonds. The Hall–Kier alpha value is -0.120. The van der Waals surface area contributed by atoms with Gasteiger partial charge in [-0.25, -0.2) is 0 Å². The van der Waals surface area contributed by atoms with E-state index in [0.29, 0.717) is 12.1 Å². The lowest BCUT2D eigenvalue weighted by Gasteiger charge is -2.41. The number of nitrogens with two attached hydrogens (primary N) is 1. The molecule has 2 N–H and O–H groups in total. The average molecular weight is 251 g/mol. The van der Waals surface area contributed by atoms with Crippen molar-refractivity contribution in [1.29, 1.82) is 0 Å². The fourth-order valence-corrected chi connectivity index (χ4v) is 4.68. The first-order valence-corrected chi connectivity index (χ1v) is 7.78. The Morgan fingerprint density at radius 1 is 1.17 bits per heavy atom. The van der Waals surface area contributed by atoms with E-state index >= 15 is 0 Å². The molecule has 1 saturated heterocycles. The Bertz CT molecular complexity index is 293. The highest BCUT2D eigenvalue weighted by Crippen LogP contribution is 2.49.